The number of piperidine rings is 1. The zero-order chi connectivity index (χ0) is 18.8. The summed E-state index contributed by atoms with van der Waals surface area (Å²) in [4.78, 5) is 32.6. The van der Waals surface area contributed by atoms with Gasteiger partial charge in [-0.15, -0.1) is 11.3 Å². The number of carboxylic acid groups (broad SMARTS) is 1. The molecule has 0 bridgehead atoms. The predicted octanol–water partition coefficient (Wildman–Crippen LogP) is 2.19. The average Bonchev–Trinajstić information content (AvgIpc) is 3.14. The highest BCUT2D eigenvalue weighted by Gasteiger charge is 2.21. The second-order valence-corrected chi connectivity index (χ2v) is 7.19. The van der Waals surface area contributed by atoms with E-state index in [-0.39, 0.29) is 12.4 Å². The Balaban J connectivity index is 0.000000758. The number of hydrogen-bond donors (Lipinski definition) is 2. The Bertz CT molecular complexity index is 694. The molecule has 26 heavy (non-hydrogen) atoms. The lowest BCUT2D eigenvalue weighted by Gasteiger charge is -2.32. The van der Waals surface area contributed by atoms with Crippen LogP contribution in [0, 0.1) is 12.8 Å². The van der Waals surface area contributed by atoms with Crippen LogP contribution in [-0.4, -0.2) is 52.0 Å². The van der Waals surface area contributed by atoms with E-state index in [1.165, 1.54) is 17.7 Å². The molecule has 7 nitrogen and oxygen atoms in total. The summed E-state index contributed by atoms with van der Waals surface area (Å²) in [6, 6.07) is 1.78. The highest BCUT2D eigenvalue weighted by molar-refractivity contribution is 7.09. The fourth-order valence-electron chi connectivity index (χ4n) is 3.06. The lowest BCUT2D eigenvalue weighted by atomic mass is 9.97. The van der Waals surface area contributed by atoms with Gasteiger partial charge in [-0.2, -0.15) is 0 Å². The quantitative estimate of drug-likeness (QED) is 0.777. The molecule has 1 saturated heterocycles. The number of likely N-dealkylation sites (tertiary alicyclic amines) is 1. The first-order valence-electron chi connectivity index (χ1n) is 8.50. The van der Waals surface area contributed by atoms with Gasteiger partial charge >= 0.3 is 0 Å². The molecule has 0 aromatic carbocycles. The number of rotatable bonds is 5. The van der Waals surface area contributed by atoms with Crippen LogP contribution in [0.3, 0.4) is 0 Å². The predicted molar refractivity (Wildman–Crippen MR) is 100 cm³/mol. The van der Waals surface area contributed by atoms with E-state index in [1.54, 1.807) is 29.8 Å². The standard InChI is InChI=1S/C17H22N4OS.CH2O2/c1-13-7-18-5-4-16(13)17(22)20-8-14-3-2-6-21(10-14)11-15-9-19-12-23-15;2-1-3/h4-5,7,9,12,14H,2-3,6,8,10-11H2,1H3,(H,20,22);1H,(H,2,3). The number of pyridine rings is 1. The third-order valence-corrected chi connectivity index (χ3v) is 5.05. The van der Waals surface area contributed by atoms with Crippen molar-refractivity contribution in [1.29, 1.82) is 0 Å². The van der Waals surface area contributed by atoms with Crippen molar-refractivity contribution in [2.24, 2.45) is 5.92 Å². The second kappa shape index (κ2) is 10.6. The van der Waals surface area contributed by atoms with Crippen LogP contribution < -0.4 is 5.32 Å². The molecule has 1 aliphatic heterocycles. The van der Waals surface area contributed by atoms with Gasteiger partial charge < -0.3 is 10.4 Å². The summed E-state index contributed by atoms with van der Waals surface area (Å²) in [5, 5.41) is 9.97. The summed E-state index contributed by atoms with van der Waals surface area (Å²) in [5.41, 5.74) is 3.52. The Kier molecular flexibility index (Phi) is 8.17. The molecule has 1 aliphatic rings. The minimum atomic E-state index is -0.250. The Morgan fingerprint density at radius 1 is 1.46 bits per heavy atom. The van der Waals surface area contributed by atoms with Crippen LogP contribution in [-0.2, 0) is 11.3 Å². The number of hydrogen-bond acceptors (Lipinski definition) is 6. The number of carbonyl (C=O) groups is 2. The van der Waals surface area contributed by atoms with Crippen molar-refractivity contribution >= 4 is 23.7 Å². The van der Waals surface area contributed by atoms with Gasteiger partial charge in [0.2, 0.25) is 0 Å². The molecule has 3 heterocycles. The normalized spacial score (nSPS) is 17.0. The first-order chi connectivity index (χ1) is 12.6. The SMILES string of the molecule is Cc1cnccc1C(=O)NCC1CCCN(Cc2cncs2)C1.O=CO. The van der Waals surface area contributed by atoms with Gasteiger partial charge in [-0.1, -0.05) is 0 Å². The van der Waals surface area contributed by atoms with Crippen LogP contribution in [0.4, 0.5) is 0 Å². The number of carbonyl (C=O) groups excluding carboxylic acids is 1. The number of aryl methyl sites for hydroxylation is 1. The first kappa shape index (κ1) is 20.0. The summed E-state index contributed by atoms with van der Waals surface area (Å²) in [6.45, 7) is 5.54. The summed E-state index contributed by atoms with van der Waals surface area (Å²) in [5.74, 6) is 0.521. The molecular weight excluding hydrogens is 352 g/mol. The maximum Gasteiger partial charge on any atom is 0.290 e. The summed E-state index contributed by atoms with van der Waals surface area (Å²) in [7, 11) is 0. The summed E-state index contributed by atoms with van der Waals surface area (Å²) in [6.07, 6.45) is 7.70. The Hall–Kier alpha value is -2.32. The lowest BCUT2D eigenvalue weighted by Crippen LogP contribution is -2.40. The number of amides is 1. The van der Waals surface area contributed by atoms with Crippen molar-refractivity contribution in [3.05, 3.63) is 46.2 Å². The molecule has 0 saturated carbocycles. The van der Waals surface area contributed by atoms with E-state index in [2.05, 4.69) is 20.2 Å². The van der Waals surface area contributed by atoms with E-state index in [1.807, 2.05) is 18.6 Å². The third kappa shape index (κ3) is 6.20. The van der Waals surface area contributed by atoms with Gasteiger partial charge in [-0.25, -0.2) is 0 Å². The van der Waals surface area contributed by atoms with Crippen molar-refractivity contribution in [3.63, 3.8) is 0 Å². The van der Waals surface area contributed by atoms with Gasteiger partial charge in [0.25, 0.3) is 12.4 Å². The van der Waals surface area contributed by atoms with Crippen LogP contribution >= 0.6 is 11.3 Å². The maximum atomic E-state index is 12.3. The van der Waals surface area contributed by atoms with Gasteiger partial charge in [0.1, 0.15) is 0 Å². The van der Waals surface area contributed by atoms with Crippen LogP contribution in [0.5, 0.6) is 0 Å². The van der Waals surface area contributed by atoms with E-state index in [0.717, 1.165) is 37.3 Å². The topological polar surface area (TPSA) is 95.4 Å². The highest BCUT2D eigenvalue weighted by Crippen LogP contribution is 2.19. The average molecular weight is 376 g/mol. The zero-order valence-corrected chi connectivity index (χ0v) is 15.6. The van der Waals surface area contributed by atoms with E-state index in [4.69, 9.17) is 9.90 Å². The minimum absolute atomic E-state index is 0.00415. The summed E-state index contributed by atoms with van der Waals surface area (Å²) < 4.78 is 0. The van der Waals surface area contributed by atoms with Gasteiger partial charge in [-0.3, -0.25) is 24.5 Å². The van der Waals surface area contributed by atoms with E-state index in [0.29, 0.717) is 5.92 Å². The van der Waals surface area contributed by atoms with Crippen molar-refractivity contribution in [2.75, 3.05) is 19.6 Å². The molecule has 140 valence electrons. The second-order valence-electron chi connectivity index (χ2n) is 6.22. The molecule has 3 rings (SSSR count). The number of nitrogens with zero attached hydrogens (tertiary/aromatic N) is 3. The van der Waals surface area contributed by atoms with Gasteiger partial charge in [-0.05, 0) is 43.9 Å². The minimum Gasteiger partial charge on any atom is -0.483 e. The molecule has 0 radical (unpaired) electrons. The van der Waals surface area contributed by atoms with E-state index >= 15 is 0 Å². The van der Waals surface area contributed by atoms with Crippen LogP contribution in [0.25, 0.3) is 0 Å². The number of thiazole rings is 1. The number of nitrogens with one attached hydrogen (secondary N) is 1. The molecule has 2 N–H and O–H groups in total. The fraction of sp³-hybridized carbons (Fsp3) is 0.444. The number of aromatic nitrogens is 2. The Labute approximate surface area is 157 Å². The largest absolute Gasteiger partial charge is 0.483 e. The third-order valence-electron chi connectivity index (χ3n) is 4.28. The van der Waals surface area contributed by atoms with Gasteiger partial charge in [0.05, 0.1) is 5.51 Å². The van der Waals surface area contributed by atoms with Crippen LogP contribution in [0.15, 0.2) is 30.2 Å². The Morgan fingerprint density at radius 2 is 2.27 bits per heavy atom. The van der Waals surface area contributed by atoms with Crippen molar-refractivity contribution in [3.8, 4) is 0 Å². The van der Waals surface area contributed by atoms with Gasteiger partial charge in [0, 0.05) is 48.7 Å². The fourth-order valence-corrected chi connectivity index (χ4v) is 3.70. The first-order valence-corrected chi connectivity index (χ1v) is 9.38. The smallest absolute Gasteiger partial charge is 0.290 e. The van der Waals surface area contributed by atoms with E-state index in [9.17, 15) is 4.79 Å². The van der Waals surface area contributed by atoms with Crippen molar-refractivity contribution in [2.45, 2.75) is 26.3 Å². The van der Waals surface area contributed by atoms with Crippen LogP contribution in [0.1, 0.15) is 33.6 Å². The highest BCUT2D eigenvalue weighted by atomic mass is 32.1. The lowest BCUT2D eigenvalue weighted by molar-refractivity contribution is -0.122. The maximum absolute atomic E-state index is 12.3. The summed E-state index contributed by atoms with van der Waals surface area (Å²) >= 11 is 1.71. The zero-order valence-electron chi connectivity index (χ0n) is 14.8. The monoisotopic (exact) mass is 376 g/mol. The molecule has 1 fully saturated rings. The molecule has 0 aliphatic carbocycles. The van der Waals surface area contributed by atoms with Crippen LogP contribution in [0.2, 0.25) is 0 Å². The van der Waals surface area contributed by atoms with E-state index < -0.39 is 0 Å². The molecule has 1 atom stereocenters. The molecule has 2 aromatic rings. The van der Waals surface area contributed by atoms with Crippen molar-refractivity contribution < 1.29 is 14.7 Å². The Morgan fingerprint density at radius 3 is 2.96 bits per heavy atom. The molecule has 2 aromatic heterocycles. The molecule has 1 unspecified atom stereocenters. The molecule has 1 amide bonds. The molecule has 8 heteroatoms. The molecular formula is C18H24N4O3S. The molecule has 0 spiro atoms. The van der Waals surface area contributed by atoms with Gasteiger partial charge in [0.15, 0.2) is 0 Å². The van der Waals surface area contributed by atoms with Crippen molar-refractivity contribution in [1.82, 2.24) is 20.2 Å².